The normalized spacial score (nSPS) is 21.6. The second-order valence-electron chi connectivity index (χ2n) is 12.0. The van der Waals surface area contributed by atoms with Gasteiger partial charge in [-0.05, 0) is 44.3 Å². The van der Waals surface area contributed by atoms with Crippen LogP contribution >= 0.6 is 0 Å². The molecule has 2 amide bonds. The average molecular weight is 459 g/mol. The molecule has 0 saturated carbocycles. The third kappa shape index (κ3) is 7.48. The predicted octanol–water partition coefficient (Wildman–Crippen LogP) is 4.00. The Hall–Kier alpha value is -1.61. The van der Waals surface area contributed by atoms with Crippen molar-refractivity contribution in [3.63, 3.8) is 0 Å². The summed E-state index contributed by atoms with van der Waals surface area (Å²) >= 11 is 0. The van der Waals surface area contributed by atoms with E-state index >= 15 is 0 Å². The molecule has 1 heterocycles. The first-order chi connectivity index (χ1) is 13.7. The molecule has 2 N–H and O–H groups in total. The molecule has 0 spiro atoms. The second-order valence-corrected chi connectivity index (χ2v) is 16.8. The van der Waals surface area contributed by atoms with Gasteiger partial charge in [0, 0.05) is 13.0 Å². The number of aliphatic carboxylic acids is 1. The number of nitrogens with zero attached hydrogens (tertiary/aromatic N) is 1. The van der Waals surface area contributed by atoms with Crippen LogP contribution < -0.4 is 5.32 Å². The van der Waals surface area contributed by atoms with Crippen molar-refractivity contribution in [2.75, 3.05) is 6.54 Å². The maximum atomic E-state index is 13.5. The molecule has 180 valence electrons. The molecule has 1 saturated heterocycles. The Morgan fingerprint density at radius 3 is 1.94 bits per heavy atom. The first-order valence-electron chi connectivity index (χ1n) is 10.9. The number of carbonyl (C=O) groups is 3. The zero-order valence-corrected chi connectivity index (χ0v) is 22.1. The standard InChI is InChI=1S/C22H42N2O6Si/c1-20(2,3)16(23-19(28)29-21(4,5)6)17(25)24-13-14(12-15(24)18(26)27)30-31(10,11)22(7,8)9/h14-16H,12-13H2,1-11H3,(H,23,28)(H,26,27)/t14-,15+,16-/m1/s1. The molecule has 0 unspecified atom stereocenters. The summed E-state index contributed by atoms with van der Waals surface area (Å²) in [7, 11) is -2.14. The van der Waals surface area contributed by atoms with Crippen molar-refractivity contribution in [1.29, 1.82) is 0 Å². The minimum Gasteiger partial charge on any atom is -0.480 e. The molecular weight excluding hydrogens is 416 g/mol. The summed E-state index contributed by atoms with van der Waals surface area (Å²) in [5, 5.41) is 12.4. The second kappa shape index (κ2) is 9.09. The van der Waals surface area contributed by atoms with E-state index in [0.29, 0.717) is 0 Å². The lowest BCUT2D eigenvalue weighted by molar-refractivity contribution is -0.150. The molecule has 3 atom stereocenters. The summed E-state index contributed by atoms with van der Waals surface area (Å²) in [6, 6.07) is -1.93. The molecule has 8 nitrogen and oxygen atoms in total. The first kappa shape index (κ1) is 27.4. The van der Waals surface area contributed by atoms with Gasteiger partial charge in [0.2, 0.25) is 5.91 Å². The Balaban J connectivity index is 3.11. The van der Waals surface area contributed by atoms with Gasteiger partial charge in [0.1, 0.15) is 17.7 Å². The third-order valence-electron chi connectivity index (χ3n) is 5.87. The number of carboxylic acid groups (broad SMARTS) is 1. The van der Waals surface area contributed by atoms with E-state index in [4.69, 9.17) is 9.16 Å². The van der Waals surface area contributed by atoms with Crippen molar-refractivity contribution in [2.45, 2.75) is 111 Å². The van der Waals surface area contributed by atoms with Crippen LogP contribution in [0.2, 0.25) is 18.1 Å². The van der Waals surface area contributed by atoms with E-state index in [9.17, 15) is 19.5 Å². The lowest BCUT2D eigenvalue weighted by Gasteiger charge is -2.38. The molecule has 0 bridgehead atoms. The fourth-order valence-electron chi connectivity index (χ4n) is 3.19. The number of carboxylic acids is 1. The molecule has 1 fully saturated rings. The van der Waals surface area contributed by atoms with Crippen LogP contribution in [0.1, 0.15) is 68.7 Å². The van der Waals surface area contributed by atoms with Crippen LogP contribution in [0.5, 0.6) is 0 Å². The van der Waals surface area contributed by atoms with Crippen molar-refractivity contribution in [3.8, 4) is 0 Å². The van der Waals surface area contributed by atoms with Gasteiger partial charge >= 0.3 is 12.1 Å². The fraction of sp³-hybridized carbons (Fsp3) is 0.864. The highest BCUT2D eigenvalue weighted by atomic mass is 28.4. The molecule has 31 heavy (non-hydrogen) atoms. The number of rotatable bonds is 5. The Morgan fingerprint density at radius 1 is 1.03 bits per heavy atom. The molecule has 1 rings (SSSR count). The van der Waals surface area contributed by atoms with Gasteiger partial charge < -0.3 is 24.5 Å². The minimum atomic E-state index is -2.14. The molecule has 0 aromatic rings. The maximum Gasteiger partial charge on any atom is 0.408 e. The summed E-state index contributed by atoms with van der Waals surface area (Å²) in [5.41, 5.74) is -1.36. The van der Waals surface area contributed by atoms with Crippen LogP contribution in [0.3, 0.4) is 0 Å². The summed E-state index contributed by atoms with van der Waals surface area (Å²) in [6.45, 7) is 21.4. The topological polar surface area (TPSA) is 105 Å². The van der Waals surface area contributed by atoms with E-state index in [0.717, 1.165) is 0 Å². The van der Waals surface area contributed by atoms with Gasteiger partial charge in [0.05, 0.1) is 6.10 Å². The van der Waals surface area contributed by atoms with Crippen LogP contribution in [0, 0.1) is 5.41 Å². The van der Waals surface area contributed by atoms with Crippen molar-refractivity contribution < 1.29 is 28.7 Å². The number of ether oxygens (including phenoxy) is 1. The van der Waals surface area contributed by atoms with Crippen LogP contribution in [0.25, 0.3) is 0 Å². The van der Waals surface area contributed by atoms with Gasteiger partial charge in [-0.1, -0.05) is 41.5 Å². The van der Waals surface area contributed by atoms with E-state index in [-0.39, 0.29) is 24.1 Å². The number of alkyl carbamates (subject to hydrolysis) is 1. The van der Waals surface area contributed by atoms with Gasteiger partial charge in [-0.15, -0.1) is 0 Å². The lowest BCUT2D eigenvalue weighted by Crippen LogP contribution is -2.57. The molecular formula is C22H42N2O6Si. The molecule has 0 aromatic heterocycles. The van der Waals surface area contributed by atoms with Gasteiger partial charge in [-0.2, -0.15) is 0 Å². The average Bonchev–Trinajstić information content (AvgIpc) is 2.91. The van der Waals surface area contributed by atoms with Crippen molar-refractivity contribution >= 4 is 26.3 Å². The summed E-state index contributed by atoms with van der Waals surface area (Å²) in [6.07, 6.45) is -0.828. The molecule has 9 heteroatoms. The van der Waals surface area contributed by atoms with Gasteiger partial charge in [0.15, 0.2) is 8.32 Å². The Labute approximate surface area is 188 Å². The Kier molecular flexibility index (Phi) is 8.04. The van der Waals surface area contributed by atoms with Crippen molar-refractivity contribution in [3.05, 3.63) is 0 Å². The maximum absolute atomic E-state index is 13.5. The number of hydrogen-bond acceptors (Lipinski definition) is 5. The smallest absolute Gasteiger partial charge is 0.408 e. The molecule has 1 aliphatic rings. The van der Waals surface area contributed by atoms with Crippen molar-refractivity contribution in [2.24, 2.45) is 5.41 Å². The van der Waals surface area contributed by atoms with Gasteiger partial charge in [0.25, 0.3) is 0 Å². The highest BCUT2D eigenvalue weighted by Crippen LogP contribution is 2.39. The largest absolute Gasteiger partial charge is 0.480 e. The lowest BCUT2D eigenvalue weighted by atomic mass is 9.85. The highest BCUT2D eigenvalue weighted by Gasteiger charge is 2.48. The van der Waals surface area contributed by atoms with Crippen molar-refractivity contribution in [1.82, 2.24) is 10.2 Å². The van der Waals surface area contributed by atoms with Crippen LogP contribution in [0.15, 0.2) is 0 Å². The monoisotopic (exact) mass is 458 g/mol. The van der Waals surface area contributed by atoms with Gasteiger partial charge in [-0.3, -0.25) is 4.79 Å². The molecule has 0 radical (unpaired) electrons. The third-order valence-corrected chi connectivity index (χ3v) is 10.4. The Morgan fingerprint density at radius 2 is 1.55 bits per heavy atom. The zero-order valence-electron chi connectivity index (χ0n) is 21.1. The highest BCUT2D eigenvalue weighted by molar-refractivity contribution is 6.74. The van der Waals surface area contributed by atoms with Crippen LogP contribution in [0.4, 0.5) is 4.79 Å². The number of amides is 2. The molecule has 0 aromatic carbocycles. The van der Waals surface area contributed by atoms with E-state index in [1.54, 1.807) is 20.8 Å². The number of nitrogens with one attached hydrogen (secondary N) is 1. The fourth-order valence-corrected chi connectivity index (χ4v) is 4.55. The number of carbonyl (C=O) groups excluding carboxylic acids is 2. The zero-order chi connectivity index (χ0) is 24.6. The quantitative estimate of drug-likeness (QED) is 0.603. The van der Waals surface area contributed by atoms with E-state index in [1.807, 2.05) is 20.8 Å². The minimum absolute atomic E-state index is 0.0324. The number of likely N-dealkylation sites (tertiary alicyclic amines) is 1. The molecule has 1 aliphatic heterocycles. The summed E-state index contributed by atoms with van der Waals surface area (Å²) in [5.74, 6) is -1.51. The summed E-state index contributed by atoms with van der Waals surface area (Å²) < 4.78 is 11.7. The summed E-state index contributed by atoms with van der Waals surface area (Å²) in [4.78, 5) is 39.1. The Bertz CT molecular complexity index is 688. The SMILES string of the molecule is CC(C)(C)OC(=O)N[C@H](C(=O)N1C[C@H](O[Si](C)(C)C(C)(C)C)C[C@H]1C(=O)O)C(C)(C)C. The van der Waals surface area contributed by atoms with E-state index in [1.165, 1.54) is 4.90 Å². The van der Waals surface area contributed by atoms with E-state index < -0.39 is 49.4 Å². The number of hydrogen-bond donors (Lipinski definition) is 2. The van der Waals surface area contributed by atoms with E-state index in [2.05, 4.69) is 39.2 Å². The van der Waals surface area contributed by atoms with Crippen LogP contribution in [-0.4, -0.2) is 66.6 Å². The molecule has 0 aliphatic carbocycles. The van der Waals surface area contributed by atoms with Gasteiger partial charge in [-0.25, -0.2) is 9.59 Å². The first-order valence-corrected chi connectivity index (χ1v) is 13.8. The van der Waals surface area contributed by atoms with Crippen LogP contribution in [-0.2, 0) is 18.8 Å². The predicted molar refractivity (Wildman–Crippen MR) is 122 cm³/mol.